The number of nitrogens with zero attached hydrogens (tertiary/aromatic N) is 1. The van der Waals surface area contributed by atoms with Crippen LogP contribution in [0.3, 0.4) is 0 Å². The minimum Gasteiger partial charge on any atom is -0.332 e. The molecule has 1 saturated carbocycles. The van der Waals surface area contributed by atoms with E-state index in [2.05, 4.69) is 15.6 Å². The molecule has 3 rings (SSSR count). The second-order valence-electron chi connectivity index (χ2n) is 4.77. The van der Waals surface area contributed by atoms with Crippen molar-refractivity contribution < 1.29 is 4.79 Å². The summed E-state index contributed by atoms with van der Waals surface area (Å²) in [5.74, 6) is 0.664. The molecule has 0 spiro atoms. The van der Waals surface area contributed by atoms with E-state index in [-0.39, 0.29) is 6.03 Å². The molecular formula is C14H14ClN3OS. The first-order chi connectivity index (χ1) is 9.70. The van der Waals surface area contributed by atoms with Crippen LogP contribution >= 0.6 is 22.9 Å². The van der Waals surface area contributed by atoms with Crippen LogP contribution in [-0.2, 0) is 6.54 Å². The van der Waals surface area contributed by atoms with Gasteiger partial charge in [0.05, 0.1) is 17.2 Å². The molecule has 1 fully saturated rings. The summed E-state index contributed by atoms with van der Waals surface area (Å²) in [6.07, 6.45) is 2.49. The average molecular weight is 308 g/mol. The van der Waals surface area contributed by atoms with Crippen molar-refractivity contribution in [3.05, 3.63) is 45.4 Å². The van der Waals surface area contributed by atoms with E-state index in [0.29, 0.717) is 23.2 Å². The fraction of sp³-hybridized carbons (Fsp3) is 0.286. The average Bonchev–Trinajstić information content (AvgIpc) is 3.18. The normalized spacial score (nSPS) is 14.1. The Morgan fingerprint density at radius 1 is 1.35 bits per heavy atom. The fourth-order valence-electron chi connectivity index (χ4n) is 1.80. The number of halogens is 1. The van der Waals surface area contributed by atoms with Gasteiger partial charge in [-0.25, -0.2) is 9.78 Å². The summed E-state index contributed by atoms with van der Waals surface area (Å²) in [5.41, 5.74) is 1.63. The van der Waals surface area contributed by atoms with Crippen molar-refractivity contribution in [2.45, 2.75) is 25.3 Å². The summed E-state index contributed by atoms with van der Waals surface area (Å²) in [6.45, 7) is 0.447. The lowest BCUT2D eigenvalue weighted by Crippen LogP contribution is -2.28. The highest BCUT2D eigenvalue weighted by molar-refractivity contribution is 7.09. The molecule has 1 aromatic heterocycles. The van der Waals surface area contributed by atoms with Gasteiger partial charge in [0.2, 0.25) is 0 Å². The molecule has 0 saturated heterocycles. The third kappa shape index (κ3) is 3.49. The maximum Gasteiger partial charge on any atom is 0.319 e. The quantitative estimate of drug-likeness (QED) is 0.897. The van der Waals surface area contributed by atoms with E-state index >= 15 is 0 Å². The van der Waals surface area contributed by atoms with Gasteiger partial charge in [0.15, 0.2) is 0 Å². The molecule has 0 unspecified atom stereocenters. The first-order valence-electron chi connectivity index (χ1n) is 6.45. The molecule has 0 radical (unpaired) electrons. The molecule has 1 heterocycles. The van der Waals surface area contributed by atoms with Gasteiger partial charge < -0.3 is 10.6 Å². The van der Waals surface area contributed by atoms with Gasteiger partial charge in [0.25, 0.3) is 0 Å². The Kier molecular flexibility index (Phi) is 3.89. The smallest absolute Gasteiger partial charge is 0.319 e. The molecule has 0 bridgehead atoms. The third-order valence-electron chi connectivity index (χ3n) is 3.03. The SMILES string of the molecule is O=C(NCc1csc(C2CC2)n1)Nc1ccc(Cl)cc1. The molecule has 2 aromatic rings. The molecule has 0 aliphatic heterocycles. The van der Waals surface area contributed by atoms with Crippen LogP contribution in [0.4, 0.5) is 10.5 Å². The molecule has 2 amide bonds. The van der Waals surface area contributed by atoms with Gasteiger partial charge >= 0.3 is 6.03 Å². The van der Waals surface area contributed by atoms with E-state index < -0.39 is 0 Å². The lowest BCUT2D eigenvalue weighted by atomic mass is 10.3. The molecule has 0 atom stereocenters. The van der Waals surface area contributed by atoms with Crippen molar-refractivity contribution >= 4 is 34.7 Å². The lowest BCUT2D eigenvalue weighted by molar-refractivity contribution is 0.251. The first kappa shape index (κ1) is 13.4. The van der Waals surface area contributed by atoms with Gasteiger partial charge in [0, 0.05) is 22.0 Å². The number of aromatic nitrogens is 1. The molecule has 2 N–H and O–H groups in total. The van der Waals surface area contributed by atoms with Gasteiger partial charge in [-0.3, -0.25) is 0 Å². The molecular weight excluding hydrogens is 294 g/mol. The second kappa shape index (κ2) is 5.81. The summed E-state index contributed by atoms with van der Waals surface area (Å²) in [7, 11) is 0. The highest BCUT2D eigenvalue weighted by Crippen LogP contribution is 2.41. The number of thiazole rings is 1. The van der Waals surface area contributed by atoms with Crippen LogP contribution in [0.2, 0.25) is 5.02 Å². The van der Waals surface area contributed by atoms with Gasteiger partial charge in [-0.1, -0.05) is 11.6 Å². The number of amides is 2. The summed E-state index contributed by atoms with van der Waals surface area (Å²) >= 11 is 7.47. The van der Waals surface area contributed by atoms with Crippen molar-refractivity contribution in [1.29, 1.82) is 0 Å². The Balaban J connectivity index is 1.49. The van der Waals surface area contributed by atoms with Crippen molar-refractivity contribution in [3.63, 3.8) is 0 Å². The number of rotatable bonds is 4. The van der Waals surface area contributed by atoms with E-state index in [4.69, 9.17) is 11.6 Å². The number of carbonyl (C=O) groups is 1. The first-order valence-corrected chi connectivity index (χ1v) is 7.71. The zero-order valence-electron chi connectivity index (χ0n) is 10.7. The van der Waals surface area contributed by atoms with Crippen LogP contribution in [0.5, 0.6) is 0 Å². The minimum absolute atomic E-state index is 0.242. The van der Waals surface area contributed by atoms with E-state index in [9.17, 15) is 4.79 Å². The summed E-state index contributed by atoms with van der Waals surface area (Å²) < 4.78 is 0. The van der Waals surface area contributed by atoms with Gasteiger partial charge in [-0.2, -0.15) is 0 Å². The van der Waals surface area contributed by atoms with Crippen LogP contribution in [0.15, 0.2) is 29.6 Å². The van der Waals surface area contributed by atoms with Gasteiger partial charge in [-0.15, -0.1) is 11.3 Å². The Morgan fingerprint density at radius 3 is 2.80 bits per heavy atom. The Labute approximate surface area is 126 Å². The van der Waals surface area contributed by atoms with Crippen LogP contribution < -0.4 is 10.6 Å². The van der Waals surface area contributed by atoms with E-state index in [0.717, 1.165) is 5.69 Å². The van der Waals surface area contributed by atoms with Gasteiger partial charge in [-0.05, 0) is 37.1 Å². The number of hydrogen-bond donors (Lipinski definition) is 2. The van der Waals surface area contributed by atoms with E-state index in [1.54, 1.807) is 35.6 Å². The van der Waals surface area contributed by atoms with Crippen molar-refractivity contribution in [2.75, 3.05) is 5.32 Å². The van der Waals surface area contributed by atoms with Crippen molar-refractivity contribution in [1.82, 2.24) is 10.3 Å². The standard InChI is InChI=1S/C14H14ClN3OS/c15-10-3-5-11(6-4-10)18-14(19)16-7-12-8-20-13(17-12)9-1-2-9/h3-6,8-9H,1-2,7H2,(H2,16,18,19). The molecule has 6 heteroatoms. The minimum atomic E-state index is -0.242. The predicted octanol–water partition coefficient (Wildman–Crippen LogP) is 4.00. The molecule has 104 valence electrons. The van der Waals surface area contributed by atoms with Crippen molar-refractivity contribution in [2.24, 2.45) is 0 Å². The number of carbonyl (C=O) groups excluding carboxylic acids is 1. The number of nitrogens with one attached hydrogen (secondary N) is 2. The number of benzene rings is 1. The van der Waals surface area contributed by atoms with E-state index in [1.165, 1.54) is 17.8 Å². The van der Waals surface area contributed by atoms with Crippen LogP contribution in [0.1, 0.15) is 29.5 Å². The molecule has 1 aliphatic carbocycles. The fourth-order valence-corrected chi connectivity index (χ4v) is 2.92. The maximum absolute atomic E-state index is 11.7. The number of hydrogen-bond acceptors (Lipinski definition) is 3. The molecule has 20 heavy (non-hydrogen) atoms. The molecule has 1 aliphatic rings. The monoisotopic (exact) mass is 307 g/mol. The number of anilines is 1. The summed E-state index contributed by atoms with van der Waals surface area (Å²) in [4.78, 5) is 16.3. The Morgan fingerprint density at radius 2 is 2.10 bits per heavy atom. The van der Waals surface area contributed by atoms with Crippen molar-refractivity contribution in [3.8, 4) is 0 Å². The summed E-state index contributed by atoms with van der Waals surface area (Å²) in [6, 6.07) is 6.75. The largest absolute Gasteiger partial charge is 0.332 e. The Hall–Kier alpha value is -1.59. The van der Waals surface area contributed by atoms with E-state index in [1.807, 2.05) is 5.38 Å². The van der Waals surface area contributed by atoms with Gasteiger partial charge in [0.1, 0.15) is 0 Å². The molecule has 1 aromatic carbocycles. The zero-order chi connectivity index (χ0) is 13.9. The Bertz CT molecular complexity index is 607. The van der Waals surface area contributed by atoms with Crippen LogP contribution in [0, 0.1) is 0 Å². The predicted molar refractivity (Wildman–Crippen MR) is 81.4 cm³/mol. The highest BCUT2D eigenvalue weighted by Gasteiger charge is 2.26. The maximum atomic E-state index is 11.7. The highest BCUT2D eigenvalue weighted by atomic mass is 35.5. The molecule has 4 nitrogen and oxygen atoms in total. The topological polar surface area (TPSA) is 54.0 Å². The second-order valence-corrected chi connectivity index (χ2v) is 6.09. The number of urea groups is 1. The van der Waals surface area contributed by atoms with Crippen LogP contribution in [-0.4, -0.2) is 11.0 Å². The summed E-state index contributed by atoms with van der Waals surface area (Å²) in [5, 5.41) is 9.39. The van der Waals surface area contributed by atoms with Crippen LogP contribution in [0.25, 0.3) is 0 Å². The lowest BCUT2D eigenvalue weighted by Gasteiger charge is -2.06. The zero-order valence-corrected chi connectivity index (χ0v) is 12.3. The third-order valence-corrected chi connectivity index (χ3v) is 4.34.